The summed E-state index contributed by atoms with van der Waals surface area (Å²) in [6.07, 6.45) is 2.54. The minimum absolute atomic E-state index is 0.0722. The number of nitrogens with one attached hydrogen (secondary N) is 1. The van der Waals surface area contributed by atoms with E-state index in [2.05, 4.69) is 4.72 Å². The van der Waals surface area contributed by atoms with E-state index in [1.54, 1.807) is 10.6 Å². The summed E-state index contributed by atoms with van der Waals surface area (Å²) < 4.78 is 35.5. The molecule has 0 aliphatic rings. The molecular weight excluding hydrogens is 424 g/mol. The molecule has 1 aromatic heterocycles. The van der Waals surface area contributed by atoms with Gasteiger partial charge in [-0.15, -0.1) is 0 Å². The van der Waals surface area contributed by atoms with E-state index in [4.69, 9.17) is 4.74 Å². The third-order valence-corrected chi connectivity index (χ3v) is 6.82. The summed E-state index contributed by atoms with van der Waals surface area (Å²) in [5.74, 6) is -0.435. The maximum atomic E-state index is 12.8. The fourth-order valence-electron chi connectivity index (χ4n) is 2.93. The molecule has 160 valence electrons. The number of carbonyl (C=O) groups excluding carboxylic acids is 1. The largest absolute Gasteiger partial charge is 0.462 e. The number of hydrogen-bond acceptors (Lipinski definition) is 6. The highest BCUT2D eigenvalue weighted by Crippen LogP contribution is 2.24. The molecule has 2 aromatic carbocycles. The zero-order valence-electron chi connectivity index (χ0n) is 16.9. The number of unbranched alkanes of at least 4 members (excludes halogenated alkanes) is 1. The first-order valence-corrected chi connectivity index (χ1v) is 12.1. The number of aromatic nitrogens is 1. The SMILES string of the molecule is CCCCOC(=O)c1ccc(NS(=O)(=O)c2ccc3c(c2)sc(=O)n3CCC)cc1. The number of carbonyl (C=O) groups is 1. The van der Waals surface area contributed by atoms with E-state index in [1.807, 2.05) is 13.8 Å². The van der Waals surface area contributed by atoms with Gasteiger partial charge in [-0.3, -0.25) is 14.1 Å². The lowest BCUT2D eigenvalue weighted by Gasteiger charge is -2.09. The zero-order valence-corrected chi connectivity index (χ0v) is 18.5. The van der Waals surface area contributed by atoms with E-state index in [0.29, 0.717) is 29.1 Å². The minimum atomic E-state index is -3.84. The Morgan fingerprint density at radius 2 is 1.83 bits per heavy atom. The fourth-order valence-corrected chi connectivity index (χ4v) is 5.05. The molecule has 3 aromatic rings. The second-order valence-electron chi connectivity index (χ2n) is 6.82. The number of anilines is 1. The number of thiazole rings is 1. The molecule has 0 saturated heterocycles. The number of nitrogens with zero attached hydrogens (tertiary/aromatic N) is 1. The molecule has 0 bridgehead atoms. The van der Waals surface area contributed by atoms with E-state index in [9.17, 15) is 18.0 Å². The van der Waals surface area contributed by atoms with Gasteiger partial charge in [0.2, 0.25) is 0 Å². The molecule has 0 saturated carbocycles. The predicted octanol–water partition coefficient (Wildman–Crippen LogP) is 4.23. The number of benzene rings is 2. The van der Waals surface area contributed by atoms with Crippen LogP contribution in [0.5, 0.6) is 0 Å². The maximum Gasteiger partial charge on any atom is 0.338 e. The van der Waals surface area contributed by atoms with Crippen molar-refractivity contribution in [1.82, 2.24) is 4.57 Å². The van der Waals surface area contributed by atoms with Crippen LogP contribution >= 0.6 is 11.3 Å². The van der Waals surface area contributed by atoms with Crippen molar-refractivity contribution in [3.05, 3.63) is 57.7 Å². The third-order valence-electron chi connectivity index (χ3n) is 4.50. The van der Waals surface area contributed by atoms with Crippen molar-refractivity contribution in [2.24, 2.45) is 0 Å². The lowest BCUT2D eigenvalue weighted by molar-refractivity contribution is 0.0500. The van der Waals surface area contributed by atoms with E-state index in [-0.39, 0.29) is 9.77 Å². The lowest BCUT2D eigenvalue weighted by Crippen LogP contribution is -2.14. The van der Waals surface area contributed by atoms with Gasteiger partial charge in [-0.2, -0.15) is 0 Å². The average molecular weight is 449 g/mol. The Labute approximate surface area is 179 Å². The summed E-state index contributed by atoms with van der Waals surface area (Å²) in [5, 5.41) is 0. The molecule has 0 unspecified atom stereocenters. The van der Waals surface area contributed by atoms with Gasteiger partial charge < -0.3 is 4.74 Å². The van der Waals surface area contributed by atoms with Crippen LogP contribution in [0.15, 0.2) is 52.2 Å². The van der Waals surface area contributed by atoms with E-state index >= 15 is 0 Å². The number of rotatable bonds is 9. The second-order valence-corrected chi connectivity index (χ2v) is 9.50. The summed E-state index contributed by atoms with van der Waals surface area (Å²) in [5.41, 5.74) is 1.42. The van der Waals surface area contributed by atoms with Crippen molar-refractivity contribution in [3.8, 4) is 0 Å². The summed E-state index contributed by atoms with van der Waals surface area (Å²) in [4.78, 5) is 24.1. The Balaban J connectivity index is 1.77. The van der Waals surface area contributed by atoms with Gasteiger partial charge in [-0.05, 0) is 55.3 Å². The van der Waals surface area contributed by atoms with Crippen LogP contribution in [0.2, 0.25) is 0 Å². The van der Waals surface area contributed by atoms with Crippen LogP contribution in [0.25, 0.3) is 10.2 Å². The van der Waals surface area contributed by atoms with Crippen molar-refractivity contribution in [1.29, 1.82) is 0 Å². The lowest BCUT2D eigenvalue weighted by atomic mass is 10.2. The predicted molar refractivity (Wildman–Crippen MR) is 119 cm³/mol. The Morgan fingerprint density at radius 1 is 1.10 bits per heavy atom. The standard InChI is InChI=1S/C21H24N2O5S2/c1-3-5-13-28-20(24)15-6-8-16(9-7-15)22-30(26,27)17-10-11-18-19(14-17)29-21(25)23(18)12-4-2/h6-11,14,22H,3-5,12-13H2,1-2H3. The first-order chi connectivity index (χ1) is 14.4. The number of sulfonamides is 1. The van der Waals surface area contributed by atoms with Gasteiger partial charge in [0, 0.05) is 12.2 Å². The molecule has 30 heavy (non-hydrogen) atoms. The van der Waals surface area contributed by atoms with Gasteiger partial charge in [0.05, 0.1) is 27.3 Å². The van der Waals surface area contributed by atoms with E-state index < -0.39 is 16.0 Å². The average Bonchev–Trinajstić information content (AvgIpc) is 3.03. The van der Waals surface area contributed by atoms with Gasteiger partial charge in [0.25, 0.3) is 10.0 Å². The minimum Gasteiger partial charge on any atom is -0.462 e. The van der Waals surface area contributed by atoms with Gasteiger partial charge in [-0.25, -0.2) is 13.2 Å². The normalized spacial score (nSPS) is 11.5. The summed E-state index contributed by atoms with van der Waals surface area (Å²) in [6.45, 7) is 4.94. The van der Waals surface area contributed by atoms with Crippen molar-refractivity contribution in [3.63, 3.8) is 0 Å². The van der Waals surface area contributed by atoms with Crippen molar-refractivity contribution in [2.75, 3.05) is 11.3 Å². The van der Waals surface area contributed by atoms with Crippen LogP contribution in [0.4, 0.5) is 5.69 Å². The molecule has 1 N–H and O–H groups in total. The van der Waals surface area contributed by atoms with E-state index in [0.717, 1.165) is 36.1 Å². The molecule has 0 aliphatic carbocycles. The van der Waals surface area contributed by atoms with Gasteiger partial charge in [-0.1, -0.05) is 31.6 Å². The molecule has 0 amide bonds. The molecule has 0 spiro atoms. The zero-order chi connectivity index (χ0) is 21.7. The highest BCUT2D eigenvalue weighted by Gasteiger charge is 2.17. The number of aryl methyl sites for hydroxylation is 1. The Hall–Kier alpha value is -2.65. The number of esters is 1. The van der Waals surface area contributed by atoms with Gasteiger partial charge in [0.1, 0.15) is 0 Å². The van der Waals surface area contributed by atoms with E-state index in [1.165, 1.54) is 36.4 Å². The fraction of sp³-hybridized carbons (Fsp3) is 0.333. The molecule has 3 rings (SSSR count). The van der Waals surface area contributed by atoms with Crippen LogP contribution in [0.1, 0.15) is 43.5 Å². The molecule has 7 nitrogen and oxygen atoms in total. The Kier molecular flexibility index (Phi) is 6.94. The second kappa shape index (κ2) is 9.44. The maximum absolute atomic E-state index is 12.8. The first-order valence-electron chi connectivity index (χ1n) is 9.79. The summed E-state index contributed by atoms with van der Waals surface area (Å²) >= 11 is 1.03. The number of ether oxygens (including phenoxy) is 1. The van der Waals surface area contributed by atoms with Crippen molar-refractivity contribution >= 4 is 43.2 Å². The monoisotopic (exact) mass is 448 g/mol. The third kappa shape index (κ3) is 4.91. The van der Waals surface area contributed by atoms with Crippen LogP contribution in [0, 0.1) is 0 Å². The molecular formula is C21H24N2O5S2. The quantitative estimate of drug-likeness (QED) is 0.390. The molecule has 1 heterocycles. The van der Waals surface area contributed by atoms with Gasteiger partial charge in [0.15, 0.2) is 0 Å². The molecule has 0 atom stereocenters. The topological polar surface area (TPSA) is 94.5 Å². The summed E-state index contributed by atoms with van der Waals surface area (Å²) in [7, 11) is -3.84. The smallest absolute Gasteiger partial charge is 0.338 e. The van der Waals surface area contributed by atoms with Crippen LogP contribution in [-0.2, 0) is 21.3 Å². The Bertz CT molecular complexity index is 1190. The highest BCUT2D eigenvalue weighted by atomic mass is 32.2. The highest BCUT2D eigenvalue weighted by molar-refractivity contribution is 7.92. The van der Waals surface area contributed by atoms with Crippen LogP contribution in [-0.4, -0.2) is 25.6 Å². The number of hydrogen-bond donors (Lipinski definition) is 1. The van der Waals surface area contributed by atoms with Gasteiger partial charge >= 0.3 is 10.8 Å². The summed E-state index contributed by atoms with van der Waals surface area (Å²) in [6, 6.07) is 10.7. The molecule has 0 fully saturated rings. The molecule has 0 radical (unpaired) electrons. The van der Waals surface area contributed by atoms with Crippen molar-refractivity contribution < 1.29 is 17.9 Å². The molecule has 9 heteroatoms. The van der Waals surface area contributed by atoms with Crippen LogP contribution in [0.3, 0.4) is 0 Å². The van der Waals surface area contributed by atoms with Crippen LogP contribution < -0.4 is 9.60 Å². The molecule has 0 aliphatic heterocycles. The van der Waals surface area contributed by atoms with Crippen molar-refractivity contribution in [2.45, 2.75) is 44.6 Å². The number of fused-ring (bicyclic) bond motifs is 1. The Morgan fingerprint density at radius 3 is 2.50 bits per heavy atom. The first kappa shape index (κ1) is 22.0.